The minimum absolute atomic E-state index is 0.175. The Morgan fingerprint density at radius 3 is 2.21 bits per heavy atom. The van der Waals surface area contributed by atoms with Crippen molar-refractivity contribution in [2.24, 2.45) is 0 Å². The van der Waals surface area contributed by atoms with Gasteiger partial charge in [-0.3, -0.25) is 9.59 Å². The Hall–Kier alpha value is -3.02. The van der Waals surface area contributed by atoms with Crippen LogP contribution in [-0.4, -0.2) is 25.0 Å². The van der Waals surface area contributed by atoms with Crippen LogP contribution in [0, 0.1) is 0 Å². The summed E-state index contributed by atoms with van der Waals surface area (Å²) in [7, 11) is 1.54. The SMILES string of the molecule is COc1ccccc1O[C@@H](C)C(=O)Nc1cccc(NC(C)=O)c1. The summed E-state index contributed by atoms with van der Waals surface area (Å²) in [6.07, 6.45) is -0.717. The molecule has 126 valence electrons. The summed E-state index contributed by atoms with van der Waals surface area (Å²) in [6.45, 7) is 3.08. The number of anilines is 2. The van der Waals surface area contributed by atoms with Gasteiger partial charge in [-0.05, 0) is 37.3 Å². The lowest BCUT2D eigenvalue weighted by atomic mass is 10.2. The van der Waals surface area contributed by atoms with E-state index in [1.165, 1.54) is 6.92 Å². The smallest absolute Gasteiger partial charge is 0.265 e. The van der Waals surface area contributed by atoms with Crippen molar-refractivity contribution in [2.75, 3.05) is 17.7 Å². The van der Waals surface area contributed by atoms with Gasteiger partial charge in [-0.15, -0.1) is 0 Å². The maximum atomic E-state index is 12.3. The summed E-state index contributed by atoms with van der Waals surface area (Å²) in [4.78, 5) is 23.4. The number of hydrogen-bond donors (Lipinski definition) is 2. The monoisotopic (exact) mass is 328 g/mol. The molecule has 0 aliphatic rings. The van der Waals surface area contributed by atoms with E-state index in [1.54, 1.807) is 56.5 Å². The van der Waals surface area contributed by atoms with Crippen LogP contribution in [0.5, 0.6) is 11.5 Å². The quantitative estimate of drug-likeness (QED) is 0.854. The molecule has 2 rings (SSSR count). The zero-order valence-corrected chi connectivity index (χ0v) is 13.8. The Morgan fingerprint density at radius 1 is 0.958 bits per heavy atom. The van der Waals surface area contributed by atoms with E-state index >= 15 is 0 Å². The Balaban J connectivity index is 2.02. The molecule has 0 heterocycles. The standard InChI is InChI=1S/C18H20N2O4/c1-12(24-17-10-5-4-9-16(17)23-3)18(22)20-15-8-6-7-14(11-15)19-13(2)21/h4-12H,1-3H3,(H,19,21)(H,20,22)/t12-/m0/s1. The van der Waals surface area contributed by atoms with Crippen LogP contribution >= 0.6 is 0 Å². The second-order valence-corrected chi connectivity index (χ2v) is 5.16. The number of nitrogens with one attached hydrogen (secondary N) is 2. The first-order valence-corrected chi connectivity index (χ1v) is 7.48. The van der Waals surface area contributed by atoms with E-state index in [0.29, 0.717) is 22.9 Å². The van der Waals surface area contributed by atoms with Gasteiger partial charge in [-0.1, -0.05) is 18.2 Å². The number of ether oxygens (including phenoxy) is 2. The molecular formula is C18H20N2O4. The van der Waals surface area contributed by atoms with Gasteiger partial charge in [-0.2, -0.15) is 0 Å². The van der Waals surface area contributed by atoms with Gasteiger partial charge < -0.3 is 20.1 Å². The van der Waals surface area contributed by atoms with E-state index in [2.05, 4.69) is 10.6 Å². The average Bonchev–Trinajstić information content (AvgIpc) is 2.55. The van der Waals surface area contributed by atoms with Crippen molar-refractivity contribution >= 4 is 23.2 Å². The van der Waals surface area contributed by atoms with Gasteiger partial charge >= 0.3 is 0 Å². The van der Waals surface area contributed by atoms with Crippen LogP contribution < -0.4 is 20.1 Å². The fraction of sp³-hybridized carbons (Fsp3) is 0.222. The molecule has 2 N–H and O–H groups in total. The third-order valence-corrected chi connectivity index (χ3v) is 3.19. The molecule has 2 aromatic rings. The van der Waals surface area contributed by atoms with Crippen LogP contribution in [0.3, 0.4) is 0 Å². The Kier molecular flexibility index (Phi) is 5.78. The molecule has 0 aliphatic heterocycles. The van der Waals surface area contributed by atoms with Crippen LogP contribution in [0.4, 0.5) is 11.4 Å². The lowest BCUT2D eigenvalue weighted by molar-refractivity contribution is -0.122. The van der Waals surface area contributed by atoms with E-state index in [1.807, 2.05) is 6.07 Å². The lowest BCUT2D eigenvalue weighted by Crippen LogP contribution is -2.30. The highest BCUT2D eigenvalue weighted by Crippen LogP contribution is 2.27. The number of benzene rings is 2. The highest BCUT2D eigenvalue weighted by Gasteiger charge is 2.17. The van der Waals surface area contributed by atoms with Crippen molar-refractivity contribution in [1.82, 2.24) is 0 Å². The third-order valence-electron chi connectivity index (χ3n) is 3.19. The van der Waals surface area contributed by atoms with Crippen molar-refractivity contribution in [3.63, 3.8) is 0 Å². The number of carbonyl (C=O) groups is 2. The largest absolute Gasteiger partial charge is 0.493 e. The fourth-order valence-corrected chi connectivity index (χ4v) is 2.08. The average molecular weight is 328 g/mol. The predicted octanol–water partition coefficient (Wildman–Crippen LogP) is 3.06. The van der Waals surface area contributed by atoms with Gasteiger partial charge in [0.2, 0.25) is 5.91 Å². The Labute approximate surface area is 140 Å². The van der Waals surface area contributed by atoms with Gasteiger partial charge in [0, 0.05) is 18.3 Å². The molecule has 6 heteroatoms. The molecule has 0 saturated heterocycles. The minimum Gasteiger partial charge on any atom is -0.493 e. The van der Waals surface area contributed by atoms with Crippen molar-refractivity contribution in [1.29, 1.82) is 0 Å². The number of carbonyl (C=O) groups excluding carboxylic acids is 2. The number of rotatable bonds is 6. The van der Waals surface area contributed by atoms with E-state index in [0.717, 1.165) is 0 Å². The van der Waals surface area contributed by atoms with E-state index < -0.39 is 6.10 Å². The summed E-state index contributed by atoms with van der Waals surface area (Å²) >= 11 is 0. The van der Waals surface area contributed by atoms with E-state index in [-0.39, 0.29) is 11.8 Å². The van der Waals surface area contributed by atoms with Crippen molar-refractivity contribution in [3.05, 3.63) is 48.5 Å². The molecule has 0 spiro atoms. The summed E-state index contributed by atoms with van der Waals surface area (Å²) in [6, 6.07) is 14.0. The maximum Gasteiger partial charge on any atom is 0.265 e. The first-order chi connectivity index (χ1) is 11.5. The third kappa shape index (κ3) is 4.74. The topological polar surface area (TPSA) is 76.7 Å². The first-order valence-electron chi connectivity index (χ1n) is 7.48. The van der Waals surface area contributed by atoms with Crippen LogP contribution in [-0.2, 0) is 9.59 Å². The van der Waals surface area contributed by atoms with Crippen LogP contribution in [0.2, 0.25) is 0 Å². The molecule has 2 aromatic carbocycles. The van der Waals surface area contributed by atoms with Crippen LogP contribution in [0.1, 0.15) is 13.8 Å². The van der Waals surface area contributed by atoms with Crippen LogP contribution in [0.25, 0.3) is 0 Å². The molecule has 0 unspecified atom stereocenters. The number of amides is 2. The van der Waals surface area contributed by atoms with Crippen molar-refractivity contribution < 1.29 is 19.1 Å². The zero-order chi connectivity index (χ0) is 17.5. The lowest BCUT2D eigenvalue weighted by Gasteiger charge is -2.17. The highest BCUT2D eigenvalue weighted by atomic mass is 16.5. The molecule has 0 radical (unpaired) electrons. The molecular weight excluding hydrogens is 308 g/mol. The van der Waals surface area contributed by atoms with E-state index in [4.69, 9.17) is 9.47 Å². The second kappa shape index (κ2) is 8.01. The van der Waals surface area contributed by atoms with E-state index in [9.17, 15) is 9.59 Å². The fourth-order valence-electron chi connectivity index (χ4n) is 2.08. The summed E-state index contributed by atoms with van der Waals surface area (Å²) in [5.74, 6) is 0.576. The van der Waals surface area contributed by atoms with Gasteiger partial charge in [0.25, 0.3) is 5.91 Å². The van der Waals surface area contributed by atoms with Gasteiger partial charge in [0.05, 0.1) is 7.11 Å². The maximum absolute atomic E-state index is 12.3. The zero-order valence-electron chi connectivity index (χ0n) is 13.8. The summed E-state index contributed by atoms with van der Waals surface area (Å²) in [5.41, 5.74) is 1.18. The molecule has 0 saturated carbocycles. The summed E-state index contributed by atoms with van der Waals surface area (Å²) < 4.78 is 10.9. The first kappa shape index (κ1) is 17.3. The van der Waals surface area contributed by atoms with Gasteiger partial charge in [0.15, 0.2) is 17.6 Å². The summed E-state index contributed by atoms with van der Waals surface area (Å²) in [5, 5.41) is 5.42. The minimum atomic E-state index is -0.717. The molecule has 0 fully saturated rings. The van der Waals surface area contributed by atoms with Crippen LogP contribution in [0.15, 0.2) is 48.5 Å². The molecule has 2 amide bonds. The second-order valence-electron chi connectivity index (χ2n) is 5.16. The number of methoxy groups -OCH3 is 1. The highest BCUT2D eigenvalue weighted by molar-refractivity contribution is 5.95. The normalized spacial score (nSPS) is 11.3. The predicted molar refractivity (Wildman–Crippen MR) is 92.5 cm³/mol. The Morgan fingerprint density at radius 2 is 1.58 bits per heavy atom. The molecule has 6 nitrogen and oxygen atoms in total. The molecule has 1 atom stereocenters. The molecule has 24 heavy (non-hydrogen) atoms. The molecule has 0 bridgehead atoms. The number of para-hydroxylation sites is 2. The van der Waals surface area contributed by atoms with Crippen molar-refractivity contribution in [3.8, 4) is 11.5 Å². The molecule has 0 aliphatic carbocycles. The molecule has 0 aromatic heterocycles. The Bertz CT molecular complexity index is 730. The van der Waals surface area contributed by atoms with Crippen molar-refractivity contribution in [2.45, 2.75) is 20.0 Å². The number of hydrogen-bond acceptors (Lipinski definition) is 4. The van der Waals surface area contributed by atoms with Gasteiger partial charge in [0.1, 0.15) is 0 Å². The van der Waals surface area contributed by atoms with Gasteiger partial charge in [-0.25, -0.2) is 0 Å².